The number of pyridine rings is 1. The highest BCUT2D eigenvalue weighted by atomic mass is 16.5. The van der Waals surface area contributed by atoms with Crippen LogP contribution in [-0.2, 0) is 0 Å². The van der Waals surface area contributed by atoms with E-state index < -0.39 is 0 Å². The second-order valence-electron chi connectivity index (χ2n) is 3.91. The van der Waals surface area contributed by atoms with Gasteiger partial charge in [0.25, 0.3) is 0 Å². The lowest BCUT2D eigenvalue weighted by molar-refractivity contribution is 0.415. The van der Waals surface area contributed by atoms with E-state index in [9.17, 15) is 4.79 Å². The first-order valence-corrected chi connectivity index (χ1v) is 5.38. The molecule has 0 atom stereocenters. The Kier molecular flexibility index (Phi) is 2.11. The van der Waals surface area contributed by atoms with Gasteiger partial charge < -0.3 is 9.72 Å². The van der Waals surface area contributed by atoms with Gasteiger partial charge in [-0.25, -0.2) is 0 Å². The van der Waals surface area contributed by atoms with Crippen LogP contribution in [-0.4, -0.2) is 12.1 Å². The lowest BCUT2D eigenvalue weighted by Crippen LogP contribution is -2.07. The van der Waals surface area contributed by atoms with Gasteiger partial charge in [0, 0.05) is 11.1 Å². The molecule has 1 aliphatic carbocycles. The Bertz CT molecular complexity index is 715. The molecule has 0 amide bonds. The van der Waals surface area contributed by atoms with Crippen LogP contribution in [0.5, 0.6) is 5.75 Å². The fourth-order valence-corrected chi connectivity index (χ4v) is 2.05. The molecule has 0 radical (unpaired) electrons. The minimum absolute atomic E-state index is 0.00260. The van der Waals surface area contributed by atoms with Gasteiger partial charge in [-0.1, -0.05) is 18.2 Å². The fourth-order valence-electron chi connectivity index (χ4n) is 2.05. The molecular weight excluding hydrogens is 214 g/mol. The van der Waals surface area contributed by atoms with Crippen molar-refractivity contribution in [3.05, 3.63) is 52.7 Å². The highest BCUT2D eigenvalue weighted by molar-refractivity contribution is 5.86. The van der Waals surface area contributed by atoms with E-state index in [2.05, 4.69) is 4.98 Å². The first kappa shape index (κ1) is 9.90. The zero-order chi connectivity index (χ0) is 11.8. The van der Waals surface area contributed by atoms with Crippen LogP contribution in [0.25, 0.3) is 22.2 Å². The van der Waals surface area contributed by atoms with Crippen molar-refractivity contribution in [2.75, 3.05) is 7.11 Å². The Labute approximate surface area is 98.0 Å². The van der Waals surface area contributed by atoms with Gasteiger partial charge in [-0.2, -0.15) is 0 Å². The van der Waals surface area contributed by atoms with Gasteiger partial charge in [-0.15, -0.1) is 0 Å². The Morgan fingerprint density at radius 2 is 1.94 bits per heavy atom. The average Bonchev–Trinajstić information content (AvgIpc) is 2.38. The molecule has 17 heavy (non-hydrogen) atoms. The Balaban J connectivity index is 2.50. The van der Waals surface area contributed by atoms with Gasteiger partial charge >= 0.3 is 0 Å². The quantitative estimate of drug-likeness (QED) is 0.647. The Hall–Kier alpha value is -2.29. The Morgan fingerprint density at radius 3 is 2.76 bits per heavy atom. The number of H-pyrrole nitrogens is 1. The lowest BCUT2D eigenvalue weighted by atomic mass is 10.0. The summed E-state index contributed by atoms with van der Waals surface area (Å²) in [5.41, 5.74) is 2.40. The van der Waals surface area contributed by atoms with Gasteiger partial charge in [0.2, 0.25) is 0 Å². The number of methoxy groups -OCH3 is 1. The smallest absolute Gasteiger partial charge is 0.188 e. The standard InChI is InChI=1S/C14H11NO2/c1-17-13-7-6-12(16)10-8-9-4-2-3-5-11(9)15-14(10)13/h2-8,15H,1H3. The van der Waals surface area contributed by atoms with Crippen molar-refractivity contribution in [3.63, 3.8) is 0 Å². The lowest BCUT2D eigenvalue weighted by Gasteiger charge is -2.11. The van der Waals surface area contributed by atoms with E-state index in [0.717, 1.165) is 16.6 Å². The monoisotopic (exact) mass is 225 g/mol. The van der Waals surface area contributed by atoms with E-state index in [1.165, 1.54) is 6.07 Å². The third kappa shape index (κ3) is 1.47. The van der Waals surface area contributed by atoms with Crippen LogP contribution < -0.4 is 10.2 Å². The van der Waals surface area contributed by atoms with E-state index >= 15 is 0 Å². The van der Waals surface area contributed by atoms with Crippen molar-refractivity contribution in [1.29, 1.82) is 0 Å². The maximum atomic E-state index is 11.8. The molecule has 1 heterocycles. The van der Waals surface area contributed by atoms with Crippen LogP contribution in [0.4, 0.5) is 0 Å². The number of rotatable bonds is 1. The zero-order valence-corrected chi connectivity index (χ0v) is 9.36. The van der Waals surface area contributed by atoms with Crippen LogP contribution in [0.1, 0.15) is 0 Å². The molecule has 1 aromatic rings. The summed E-state index contributed by atoms with van der Waals surface area (Å²) in [5, 5.41) is 1.02. The molecule has 0 spiro atoms. The van der Waals surface area contributed by atoms with Crippen LogP contribution in [0, 0.1) is 0 Å². The van der Waals surface area contributed by atoms with E-state index in [4.69, 9.17) is 4.74 Å². The van der Waals surface area contributed by atoms with Crippen LogP contribution in [0.3, 0.4) is 0 Å². The number of fused-ring (bicyclic) bond motifs is 2. The highest BCUT2D eigenvalue weighted by Crippen LogP contribution is 2.29. The second-order valence-corrected chi connectivity index (χ2v) is 3.91. The normalized spacial score (nSPS) is 10.9. The average molecular weight is 225 g/mol. The number of hydrogen-bond acceptors (Lipinski definition) is 2. The molecule has 84 valence electrons. The van der Waals surface area contributed by atoms with Gasteiger partial charge in [-0.3, -0.25) is 4.79 Å². The number of hydrogen-bond donors (Lipinski definition) is 1. The summed E-state index contributed by atoms with van der Waals surface area (Å²) in [6.45, 7) is 0. The molecule has 2 aliphatic rings. The van der Waals surface area contributed by atoms with Crippen LogP contribution >= 0.6 is 0 Å². The maximum absolute atomic E-state index is 11.8. The van der Waals surface area contributed by atoms with Crippen molar-refractivity contribution < 1.29 is 4.74 Å². The molecule has 1 aromatic carbocycles. The van der Waals surface area contributed by atoms with E-state index in [0.29, 0.717) is 11.3 Å². The first-order valence-electron chi connectivity index (χ1n) is 5.38. The van der Waals surface area contributed by atoms with Crippen molar-refractivity contribution in [3.8, 4) is 17.0 Å². The van der Waals surface area contributed by atoms with Gasteiger partial charge in [0.1, 0.15) is 5.75 Å². The summed E-state index contributed by atoms with van der Waals surface area (Å²) >= 11 is 0. The molecule has 3 rings (SSSR count). The predicted octanol–water partition coefficient (Wildman–Crippen LogP) is 2.64. The first-order chi connectivity index (χ1) is 8.29. The Morgan fingerprint density at radius 1 is 1.12 bits per heavy atom. The molecule has 1 N–H and O–H groups in total. The fraction of sp³-hybridized carbons (Fsp3) is 0.0714. The largest absolute Gasteiger partial charge is 0.495 e. The number of ether oxygens (including phenoxy) is 1. The number of para-hydroxylation sites is 1. The number of benzene rings is 2. The summed E-state index contributed by atoms with van der Waals surface area (Å²) in [7, 11) is 1.60. The third-order valence-electron chi connectivity index (χ3n) is 2.91. The molecule has 0 aromatic heterocycles. The molecule has 0 unspecified atom stereocenters. The van der Waals surface area contributed by atoms with Gasteiger partial charge in [0.15, 0.2) is 5.43 Å². The summed E-state index contributed by atoms with van der Waals surface area (Å²) < 4.78 is 5.26. The van der Waals surface area contributed by atoms with E-state index in [1.807, 2.05) is 30.3 Å². The number of nitrogens with one attached hydrogen (secondary N) is 1. The molecule has 1 aliphatic heterocycles. The summed E-state index contributed by atoms with van der Waals surface area (Å²) in [4.78, 5) is 15.1. The number of aromatic nitrogens is 1. The molecule has 3 heteroatoms. The topological polar surface area (TPSA) is 42.1 Å². The van der Waals surface area contributed by atoms with Crippen LogP contribution in [0.2, 0.25) is 0 Å². The molecule has 3 nitrogen and oxygen atoms in total. The molecular formula is C14H11NO2. The van der Waals surface area contributed by atoms with Crippen molar-refractivity contribution in [2.45, 2.75) is 0 Å². The summed E-state index contributed by atoms with van der Waals surface area (Å²) in [6.07, 6.45) is 0. The summed E-state index contributed by atoms with van der Waals surface area (Å²) in [5.74, 6) is 0.686. The predicted molar refractivity (Wildman–Crippen MR) is 67.7 cm³/mol. The van der Waals surface area contributed by atoms with Crippen molar-refractivity contribution in [2.24, 2.45) is 0 Å². The second kappa shape index (κ2) is 3.63. The van der Waals surface area contributed by atoms with Gasteiger partial charge in [-0.05, 0) is 29.7 Å². The van der Waals surface area contributed by atoms with Crippen molar-refractivity contribution >= 4 is 10.9 Å². The molecule has 0 saturated heterocycles. The minimum Gasteiger partial charge on any atom is -0.495 e. The number of aromatic amines is 1. The zero-order valence-electron chi connectivity index (χ0n) is 9.36. The molecule has 0 bridgehead atoms. The summed E-state index contributed by atoms with van der Waals surface area (Å²) in [6, 6.07) is 13.0. The van der Waals surface area contributed by atoms with E-state index in [-0.39, 0.29) is 5.43 Å². The third-order valence-corrected chi connectivity index (χ3v) is 2.91. The highest BCUT2D eigenvalue weighted by Gasteiger charge is 2.12. The van der Waals surface area contributed by atoms with Crippen LogP contribution in [0.15, 0.2) is 47.3 Å². The molecule has 0 saturated carbocycles. The maximum Gasteiger partial charge on any atom is 0.188 e. The van der Waals surface area contributed by atoms with E-state index in [1.54, 1.807) is 13.2 Å². The van der Waals surface area contributed by atoms with Crippen molar-refractivity contribution in [1.82, 2.24) is 4.98 Å². The SMILES string of the molecule is COc1ccc(=O)c2cc3ccccc3[nH]c1-2. The molecule has 0 fully saturated rings. The minimum atomic E-state index is 0.00260. The van der Waals surface area contributed by atoms with Gasteiger partial charge in [0.05, 0.1) is 12.8 Å².